The first-order valence-corrected chi connectivity index (χ1v) is 8.56. The van der Waals surface area contributed by atoms with E-state index in [1.807, 2.05) is 0 Å². The van der Waals surface area contributed by atoms with Crippen LogP contribution in [0.15, 0.2) is 42.5 Å². The number of thiocarbonyl (C=S) groups is 1. The molecular weight excluding hydrogens is 446 g/mol. The first kappa shape index (κ1) is 22.9. The van der Waals surface area contributed by atoms with Crippen LogP contribution in [0.2, 0.25) is 5.02 Å². The average molecular weight is 459 g/mol. The van der Waals surface area contributed by atoms with E-state index in [0.29, 0.717) is 10.7 Å². The van der Waals surface area contributed by atoms with E-state index < -0.39 is 25.6 Å². The summed E-state index contributed by atoms with van der Waals surface area (Å²) in [5.74, 6) is -0.704. The Hall–Kier alpha value is -2.40. The molecule has 2 rings (SSSR count). The molecule has 0 bridgehead atoms. The van der Waals surface area contributed by atoms with Crippen LogP contribution in [0.1, 0.15) is 0 Å². The summed E-state index contributed by atoms with van der Waals surface area (Å²) in [6, 6.07) is 9.69. The first-order chi connectivity index (χ1) is 13.4. The summed E-state index contributed by atoms with van der Waals surface area (Å²) in [6.07, 6.45) is -9.25. The van der Waals surface area contributed by atoms with Gasteiger partial charge in [-0.05, 0) is 30.4 Å². The molecule has 2 N–H and O–H groups in total. The van der Waals surface area contributed by atoms with Crippen LogP contribution in [-0.2, 0) is 0 Å². The molecule has 2 aromatic rings. The molecule has 0 aliphatic carbocycles. The predicted molar refractivity (Wildman–Crippen MR) is 101 cm³/mol. The highest BCUT2D eigenvalue weighted by Crippen LogP contribution is 2.29. The number of halogens is 7. The van der Waals surface area contributed by atoms with E-state index in [1.54, 1.807) is 24.3 Å². The minimum atomic E-state index is -4.63. The van der Waals surface area contributed by atoms with Gasteiger partial charge in [0.2, 0.25) is 0 Å². The van der Waals surface area contributed by atoms with E-state index in [1.165, 1.54) is 0 Å². The van der Waals surface area contributed by atoms with Gasteiger partial charge in [-0.1, -0.05) is 17.7 Å². The van der Waals surface area contributed by atoms with Gasteiger partial charge in [0, 0.05) is 34.6 Å². The lowest BCUT2D eigenvalue weighted by Gasteiger charge is -2.16. The molecule has 0 atom stereocenters. The summed E-state index contributed by atoms with van der Waals surface area (Å²) in [5, 5.41) is 5.87. The largest absolute Gasteiger partial charge is 0.484 e. The fourth-order valence-electron chi connectivity index (χ4n) is 2.00. The Bertz CT molecular complexity index is 824. The van der Waals surface area contributed by atoms with Crippen molar-refractivity contribution >= 4 is 40.3 Å². The lowest BCUT2D eigenvalue weighted by Crippen LogP contribution is -2.21. The minimum Gasteiger partial charge on any atom is -0.484 e. The molecule has 12 heteroatoms. The van der Waals surface area contributed by atoms with Crippen molar-refractivity contribution in [1.82, 2.24) is 0 Å². The minimum absolute atomic E-state index is 0.0157. The Morgan fingerprint density at radius 2 is 1.34 bits per heavy atom. The SMILES string of the molecule is FC(F)(F)COc1cc(NC(=S)Nc2cccc(Cl)c2)cc(OCC(F)(F)F)c1. The molecule has 0 spiro atoms. The van der Waals surface area contributed by atoms with Gasteiger partial charge in [0.15, 0.2) is 18.3 Å². The molecule has 0 aliphatic heterocycles. The van der Waals surface area contributed by atoms with Gasteiger partial charge in [0.1, 0.15) is 11.5 Å². The second-order valence-electron chi connectivity index (χ2n) is 5.59. The van der Waals surface area contributed by atoms with Gasteiger partial charge >= 0.3 is 12.4 Å². The standard InChI is InChI=1S/C17H13ClF6N2O2S/c18-10-2-1-3-11(4-10)25-15(29)26-12-5-13(27-8-16(19,20)21)7-14(6-12)28-9-17(22,23)24/h1-7H,8-9H2,(H2,25,26,29). The van der Waals surface area contributed by atoms with Crippen molar-refractivity contribution < 1.29 is 35.8 Å². The van der Waals surface area contributed by atoms with Crippen molar-refractivity contribution in [2.75, 3.05) is 23.8 Å². The number of benzene rings is 2. The second kappa shape index (κ2) is 9.40. The number of ether oxygens (including phenoxy) is 2. The average Bonchev–Trinajstić information content (AvgIpc) is 2.57. The maximum atomic E-state index is 12.4. The molecule has 0 unspecified atom stereocenters. The summed E-state index contributed by atoms with van der Waals surface area (Å²) < 4.78 is 83.4. The molecule has 0 heterocycles. The predicted octanol–water partition coefficient (Wildman–Crippen LogP) is 6.03. The quantitative estimate of drug-likeness (QED) is 0.408. The van der Waals surface area contributed by atoms with Crippen molar-refractivity contribution in [1.29, 1.82) is 0 Å². The highest BCUT2D eigenvalue weighted by atomic mass is 35.5. The van der Waals surface area contributed by atoms with Gasteiger partial charge in [-0.15, -0.1) is 0 Å². The second-order valence-corrected chi connectivity index (χ2v) is 6.43. The fraction of sp³-hybridized carbons (Fsp3) is 0.235. The van der Waals surface area contributed by atoms with Crippen LogP contribution >= 0.6 is 23.8 Å². The van der Waals surface area contributed by atoms with Crippen LogP contribution in [0.5, 0.6) is 11.5 Å². The van der Waals surface area contributed by atoms with E-state index in [-0.39, 0.29) is 22.3 Å². The molecule has 29 heavy (non-hydrogen) atoms. The van der Waals surface area contributed by atoms with E-state index in [2.05, 4.69) is 20.1 Å². The molecule has 0 fully saturated rings. The highest BCUT2D eigenvalue weighted by Gasteiger charge is 2.30. The smallest absolute Gasteiger partial charge is 0.422 e. The van der Waals surface area contributed by atoms with Crippen LogP contribution in [-0.4, -0.2) is 30.7 Å². The molecule has 0 saturated heterocycles. The zero-order valence-corrected chi connectivity index (χ0v) is 15.9. The topological polar surface area (TPSA) is 42.5 Å². The first-order valence-electron chi connectivity index (χ1n) is 7.77. The van der Waals surface area contributed by atoms with Gasteiger partial charge in [0.25, 0.3) is 0 Å². The molecule has 2 aromatic carbocycles. The highest BCUT2D eigenvalue weighted by molar-refractivity contribution is 7.80. The third-order valence-electron chi connectivity index (χ3n) is 3.03. The number of alkyl halides is 6. The van der Waals surface area contributed by atoms with Crippen molar-refractivity contribution in [3.05, 3.63) is 47.5 Å². The fourth-order valence-corrected chi connectivity index (χ4v) is 2.43. The Labute approximate surface area is 171 Å². The Balaban J connectivity index is 2.15. The van der Waals surface area contributed by atoms with Crippen LogP contribution < -0.4 is 20.1 Å². The van der Waals surface area contributed by atoms with Crippen LogP contribution in [0.3, 0.4) is 0 Å². The van der Waals surface area contributed by atoms with Crippen LogP contribution in [0.25, 0.3) is 0 Å². The van der Waals surface area contributed by atoms with Crippen LogP contribution in [0, 0.1) is 0 Å². The number of rotatable bonds is 6. The zero-order valence-electron chi connectivity index (χ0n) is 14.3. The molecule has 0 saturated carbocycles. The molecule has 158 valence electrons. The normalized spacial score (nSPS) is 11.7. The van der Waals surface area contributed by atoms with E-state index >= 15 is 0 Å². The summed E-state index contributed by atoms with van der Waals surface area (Å²) in [7, 11) is 0. The number of hydrogen-bond acceptors (Lipinski definition) is 3. The van der Waals surface area contributed by atoms with Crippen molar-refractivity contribution in [3.8, 4) is 11.5 Å². The Kier molecular flexibility index (Phi) is 7.42. The van der Waals surface area contributed by atoms with Gasteiger partial charge < -0.3 is 20.1 Å². The van der Waals surface area contributed by atoms with Crippen molar-refractivity contribution in [2.24, 2.45) is 0 Å². The summed E-state index contributed by atoms with van der Waals surface area (Å²) in [4.78, 5) is 0. The monoisotopic (exact) mass is 458 g/mol. The zero-order chi connectivity index (χ0) is 21.7. The van der Waals surface area contributed by atoms with Crippen molar-refractivity contribution in [3.63, 3.8) is 0 Å². The summed E-state index contributed by atoms with van der Waals surface area (Å²) in [6.45, 7) is -3.25. The molecule has 0 aromatic heterocycles. The number of anilines is 2. The maximum absolute atomic E-state index is 12.4. The number of hydrogen-bond donors (Lipinski definition) is 2. The maximum Gasteiger partial charge on any atom is 0.422 e. The van der Waals surface area contributed by atoms with Gasteiger partial charge in [-0.2, -0.15) is 26.3 Å². The third-order valence-corrected chi connectivity index (χ3v) is 3.46. The third kappa shape index (κ3) is 9.09. The van der Waals surface area contributed by atoms with Gasteiger partial charge in [0.05, 0.1) is 0 Å². The van der Waals surface area contributed by atoms with Crippen LogP contribution in [0.4, 0.5) is 37.7 Å². The van der Waals surface area contributed by atoms with Gasteiger partial charge in [-0.3, -0.25) is 0 Å². The van der Waals surface area contributed by atoms with Crippen molar-refractivity contribution in [2.45, 2.75) is 12.4 Å². The molecule has 0 amide bonds. The lowest BCUT2D eigenvalue weighted by molar-refractivity contribution is -0.153. The summed E-state index contributed by atoms with van der Waals surface area (Å²) in [5.41, 5.74) is 0.578. The number of nitrogens with one attached hydrogen (secondary N) is 2. The molecule has 0 radical (unpaired) electrons. The van der Waals surface area contributed by atoms with E-state index in [4.69, 9.17) is 23.8 Å². The Morgan fingerprint density at radius 3 is 1.83 bits per heavy atom. The summed E-state index contributed by atoms with van der Waals surface area (Å²) >= 11 is 10.9. The van der Waals surface area contributed by atoms with E-state index in [0.717, 1.165) is 18.2 Å². The lowest BCUT2D eigenvalue weighted by atomic mass is 10.2. The van der Waals surface area contributed by atoms with Gasteiger partial charge in [-0.25, -0.2) is 0 Å². The molecular formula is C17H13ClF6N2O2S. The Morgan fingerprint density at radius 1 is 0.828 bits per heavy atom. The molecule has 0 aliphatic rings. The van der Waals surface area contributed by atoms with E-state index in [9.17, 15) is 26.3 Å². The molecule has 4 nitrogen and oxygen atoms in total.